The minimum absolute atomic E-state index is 0.128. The Morgan fingerprint density at radius 3 is 2.71 bits per heavy atom. The van der Waals surface area contributed by atoms with E-state index >= 15 is 0 Å². The number of nitrogens with zero attached hydrogens (tertiary/aromatic N) is 5. The second-order valence-corrected chi connectivity index (χ2v) is 7.34. The number of aromatic nitrogens is 2. The van der Waals surface area contributed by atoms with Crippen LogP contribution in [0.3, 0.4) is 0 Å². The first-order valence-electron chi connectivity index (χ1n) is 9.96. The number of hydrogen-bond donors (Lipinski definition) is 2. The average molecular weight is 404 g/mol. The molecule has 1 unspecified atom stereocenters. The summed E-state index contributed by atoms with van der Waals surface area (Å²) >= 11 is 0. The van der Waals surface area contributed by atoms with Crippen molar-refractivity contribution in [1.29, 1.82) is 0 Å². The maximum atomic E-state index is 5.00. The maximum absolute atomic E-state index is 5.00. The largest absolute Gasteiger partial charge is 0.320 e. The van der Waals surface area contributed by atoms with Gasteiger partial charge in [0.25, 0.3) is 11.8 Å². The normalized spacial score (nSPS) is 19.2. The fourth-order valence-electron chi connectivity index (χ4n) is 3.97. The first-order valence-corrected chi connectivity index (χ1v) is 9.96. The molecule has 0 saturated carbocycles. The molecule has 0 fully saturated rings. The molecule has 3 aromatic carbocycles. The van der Waals surface area contributed by atoms with E-state index in [4.69, 9.17) is 10.1 Å². The van der Waals surface area contributed by atoms with Gasteiger partial charge in [0.2, 0.25) is 0 Å². The standard InChI is InChI=1S/C24H18N7/c1-2-6-17(7-3-1)20-8-4-5-9-22(20)31-13-12-25-16-23(31)28-24(30-31)27-19-11-10-18-15-26-29-21(18)14-19/h1-16H,(H,26,29)(H,27,30)/q+1. The third kappa shape index (κ3) is 2.87. The van der Waals surface area contributed by atoms with Crippen molar-refractivity contribution in [3.8, 4) is 11.1 Å². The molecule has 148 valence electrons. The topological polar surface area (TPSA) is 77.8 Å². The first kappa shape index (κ1) is 17.5. The third-order valence-electron chi connectivity index (χ3n) is 5.43. The molecule has 0 saturated heterocycles. The van der Waals surface area contributed by atoms with Crippen LogP contribution in [0.25, 0.3) is 22.0 Å². The van der Waals surface area contributed by atoms with Crippen LogP contribution < -0.4 is 9.91 Å². The number of guanidine groups is 1. The van der Waals surface area contributed by atoms with Crippen LogP contribution in [0, 0.1) is 0 Å². The molecule has 0 radical (unpaired) electrons. The van der Waals surface area contributed by atoms with E-state index in [0.717, 1.165) is 39.2 Å². The van der Waals surface area contributed by atoms with Crippen molar-refractivity contribution in [3.63, 3.8) is 0 Å². The monoisotopic (exact) mass is 404 g/mol. The molecule has 2 N–H and O–H groups in total. The quantitative estimate of drug-likeness (QED) is 0.477. The number of para-hydroxylation sites is 1. The van der Waals surface area contributed by atoms with E-state index in [1.165, 1.54) is 0 Å². The SMILES string of the molecule is C1=C[N+]2(c3ccccc3-c3ccccc3)N=C(Nc3ccc4cn[nH]c4c3)N=C2C=N1. The van der Waals surface area contributed by atoms with E-state index in [1.54, 1.807) is 18.6 Å². The van der Waals surface area contributed by atoms with Gasteiger partial charge < -0.3 is 5.32 Å². The number of quaternary nitrogens is 1. The van der Waals surface area contributed by atoms with Gasteiger partial charge in [0.05, 0.1) is 17.9 Å². The van der Waals surface area contributed by atoms with Crippen molar-refractivity contribution in [2.24, 2.45) is 15.1 Å². The molecular formula is C24H18N7+. The van der Waals surface area contributed by atoms with Gasteiger partial charge in [-0.1, -0.05) is 47.1 Å². The van der Waals surface area contributed by atoms with Gasteiger partial charge in [-0.05, 0) is 34.9 Å². The van der Waals surface area contributed by atoms with Gasteiger partial charge in [0.15, 0.2) is 11.9 Å². The lowest BCUT2D eigenvalue weighted by molar-refractivity contribution is 0.594. The molecule has 7 nitrogen and oxygen atoms in total. The van der Waals surface area contributed by atoms with Crippen molar-refractivity contribution in [2.75, 3.05) is 5.32 Å². The van der Waals surface area contributed by atoms with Crippen LogP contribution in [0.1, 0.15) is 0 Å². The number of fused-ring (bicyclic) bond motifs is 2. The highest BCUT2D eigenvalue weighted by Gasteiger charge is 2.44. The number of amidine groups is 1. The second kappa shape index (κ2) is 6.86. The highest BCUT2D eigenvalue weighted by Crippen LogP contribution is 2.39. The number of anilines is 1. The molecule has 0 bridgehead atoms. The zero-order valence-corrected chi connectivity index (χ0v) is 16.5. The van der Waals surface area contributed by atoms with Crippen LogP contribution in [0.5, 0.6) is 0 Å². The van der Waals surface area contributed by atoms with Crippen molar-refractivity contribution in [1.82, 2.24) is 14.8 Å². The molecule has 4 aromatic rings. The lowest BCUT2D eigenvalue weighted by Crippen LogP contribution is -2.44. The van der Waals surface area contributed by atoms with E-state index in [0.29, 0.717) is 5.96 Å². The minimum atomic E-state index is 0.128. The highest BCUT2D eigenvalue weighted by molar-refractivity contribution is 6.38. The number of nitrogens with one attached hydrogen (secondary N) is 2. The number of benzene rings is 3. The molecule has 31 heavy (non-hydrogen) atoms. The lowest BCUT2D eigenvalue weighted by atomic mass is 10.0. The predicted octanol–water partition coefficient (Wildman–Crippen LogP) is 4.89. The second-order valence-electron chi connectivity index (χ2n) is 7.34. The summed E-state index contributed by atoms with van der Waals surface area (Å²) in [5, 5.41) is 16.5. The zero-order valence-electron chi connectivity index (χ0n) is 16.5. The van der Waals surface area contributed by atoms with Gasteiger partial charge in [0, 0.05) is 22.7 Å². The van der Waals surface area contributed by atoms with Crippen molar-refractivity contribution < 1.29 is 0 Å². The van der Waals surface area contributed by atoms with Gasteiger partial charge in [0.1, 0.15) is 6.21 Å². The third-order valence-corrected chi connectivity index (χ3v) is 5.43. The molecular weight excluding hydrogens is 386 g/mol. The van der Waals surface area contributed by atoms with Gasteiger partial charge in [-0.15, -0.1) is 0 Å². The molecule has 2 aliphatic heterocycles. The van der Waals surface area contributed by atoms with Gasteiger partial charge >= 0.3 is 0 Å². The van der Waals surface area contributed by atoms with Crippen molar-refractivity contribution in [3.05, 3.63) is 91.4 Å². The highest BCUT2D eigenvalue weighted by atomic mass is 15.7. The van der Waals surface area contributed by atoms with E-state index in [2.05, 4.69) is 44.8 Å². The number of aromatic amines is 1. The summed E-state index contributed by atoms with van der Waals surface area (Å²) in [6.07, 6.45) is 7.28. The van der Waals surface area contributed by atoms with Gasteiger partial charge in [-0.2, -0.15) is 10.1 Å². The molecule has 6 rings (SSSR count). The van der Waals surface area contributed by atoms with Crippen LogP contribution >= 0.6 is 0 Å². The van der Waals surface area contributed by atoms with Gasteiger partial charge in [-0.25, -0.2) is 0 Å². The number of rotatable bonds is 3. The number of H-pyrrole nitrogens is 1. The zero-order chi connectivity index (χ0) is 20.7. The summed E-state index contributed by atoms with van der Waals surface area (Å²) in [5.41, 5.74) is 5.07. The summed E-state index contributed by atoms with van der Waals surface area (Å²) in [6.45, 7) is 0. The van der Waals surface area contributed by atoms with Crippen LogP contribution in [0.4, 0.5) is 11.4 Å². The molecule has 2 aliphatic rings. The summed E-state index contributed by atoms with van der Waals surface area (Å²) in [7, 11) is 0. The average Bonchev–Trinajstić information content (AvgIpc) is 3.44. The molecule has 3 heterocycles. The Hall–Kier alpha value is -4.36. The summed E-state index contributed by atoms with van der Waals surface area (Å²) in [6, 6.07) is 24.6. The van der Waals surface area contributed by atoms with E-state index in [1.807, 2.05) is 54.7 Å². The van der Waals surface area contributed by atoms with E-state index in [-0.39, 0.29) is 4.59 Å². The summed E-state index contributed by atoms with van der Waals surface area (Å²) < 4.78 is 0.128. The Morgan fingerprint density at radius 2 is 1.77 bits per heavy atom. The fourth-order valence-corrected chi connectivity index (χ4v) is 3.97. The molecule has 0 amide bonds. The van der Waals surface area contributed by atoms with E-state index in [9.17, 15) is 0 Å². The van der Waals surface area contributed by atoms with Crippen LogP contribution in [-0.2, 0) is 0 Å². The molecule has 0 spiro atoms. The Morgan fingerprint density at radius 1 is 0.903 bits per heavy atom. The maximum Gasteiger partial charge on any atom is 0.287 e. The van der Waals surface area contributed by atoms with Gasteiger partial charge in [-0.3, -0.25) is 10.1 Å². The fraction of sp³-hybridized carbons (Fsp3) is 0. The molecule has 7 heteroatoms. The Bertz CT molecular complexity index is 1410. The number of aliphatic imine (C=N–C) groups is 2. The number of hydrogen-bond acceptors (Lipinski definition) is 5. The first-order chi connectivity index (χ1) is 15.3. The van der Waals surface area contributed by atoms with Crippen LogP contribution in [-0.4, -0.2) is 28.2 Å². The molecule has 0 aliphatic carbocycles. The Labute approximate surface area is 178 Å². The smallest absolute Gasteiger partial charge is 0.287 e. The Balaban J connectivity index is 1.45. The molecule has 1 aromatic heterocycles. The van der Waals surface area contributed by atoms with Crippen molar-refractivity contribution >= 4 is 40.3 Å². The Kier molecular flexibility index (Phi) is 3.87. The van der Waals surface area contributed by atoms with Crippen LogP contribution in [0.2, 0.25) is 0 Å². The van der Waals surface area contributed by atoms with E-state index < -0.39 is 0 Å². The lowest BCUT2D eigenvalue weighted by Gasteiger charge is -2.26. The summed E-state index contributed by atoms with van der Waals surface area (Å²) in [4.78, 5) is 9.06. The summed E-state index contributed by atoms with van der Waals surface area (Å²) in [5.74, 6) is 1.26. The molecule has 1 atom stereocenters. The van der Waals surface area contributed by atoms with Crippen molar-refractivity contribution in [2.45, 2.75) is 0 Å². The minimum Gasteiger partial charge on any atom is -0.320 e. The van der Waals surface area contributed by atoms with Crippen LogP contribution in [0.15, 0.2) is 106 Å². The predicted molar refractivity (Wildman–Crippen MR) is 126 cm³/mol.